The van der Waals surface area contributed by atoms with Crippen LogP contribution in [0.3, 0.4) is 0 Å². The van der Waals surface area contributed by atoms with Gasteiger partial charge in [0, 0.05) is 16.1 Å². The first-order valence-corrected chi connectivity index (χ1v) is 14.0. The number of hydrogen-bond donors (Lipinski definition) is 1. The van der Waals surface area contributed by atoms with Crippen molar-refractivity contribution in [3.8, 4) is 16.9 Å². The number of amides is 1. The van der Waals surface area contributed by atoms with Crippen LogP contribution in [-0.4, -0.2) is 25.0 Å². The van der Waals surface area contributed by atoms with Crippen molar-refractivity contribution in [2.45, 2.75) is 26.0 Å². The Hall–Kier alpha value is -4.13. The molecule has 0 fully saturated rings. The van der Waals surface area contributed by atoms with E-state index in [1.54, 1.807) is 0 Å². The second-order valence-electron chi connectivity index (χ2n) is 9.55. The normalized spacial score (nSPS) is 11.7. The Kier molecular flexibility index (Phi) is 8.48. The van der Waals surface area contributed by atoms with Gasteiger partial charge < -0.3 is 14.8 Å². The highest BCUT2D eigenvalue weighted by Crippen LogP contribution is 2.31. The van der Waals surface area contributed by atoms with Crippen molar-refractivity contribution in [2.75, 3.05) is 7.11 Å². The van der Waals surface area contributed by atoms with Crippen molar-refractivity contribution < 1.29 is 19.1 Å². The number of carbonyl (C=O) groups excluding carboxylic acids is 2. The molecule has 0 saturated heterocycles. The molecule has 1 heterocycles. The predicted octanol–water partition coefficient (Wildman–Crippen LogP) is 7.62. The zero-order valence-electron chi connectivity index (χ0n) is 22.1. The third kappa shape index (κ3) is 6.71. The molecule has 0 spiro atoms. The van der Waals surface area contributed by atoms with Crippen LogP contribution in [0.2, 0.25) is 5.02 Å². The Morgan fingerprint density at radius 3 is 2.35 bits per heavy atom. The van der Waals surface area contributed by atoms with Gasteiger partial charge in [-0.25, -0.2) is 4.79 Å². The molecular weight excluding hydrogens is 542 g/mol. The van der Waals surface area contributed by atoms with Crippen molar-refractivity contribution in [1.29, 1.82) is 0 Å². The van der Waals surface area contributed by atoms with E-state index in [1.165, 1.54) is 24.0 Å². The van der Waals surface area contributed by atoms with Crippen LogP contribution >= 0.6 is 22.9 Å². The van der Waals surface area contributed by atoms with Gasteiger partial charge in [-0.15, -0.1) is 11.3 Å². The van der Waals surface area contributed by atoms with Gasteiger partial charge in [0.25, 0.3) is 5.91 Å². The minimum atomic E-state index is -0.827. The van der Waals surface area contributed by atoms with Crippen molar-refractivity contribution in [2.24, 2.45) is 0 Å². The third-order valence-electron chi connectivity index (χ3n) is 6.56. The Bertz CT molecular complexity index is 1640. The summed E-state index contributed by atoms with van der Waals surface area (Å²) >= 11 is 7.41. The molecule has 0 aliphatic heterocycles. The molecule has 0 aliphatic rings. The van der Waals surface area contributed by atoms with E-state index in [4.69, 9.17) is 21.1 Å². The first kappa shape index (κ1) is 27.4. The molecule has 0 aliphatic carbocycles. The lowest BCUT2D eigenvalue weighted by atomic mass is 10.0. The SMILES string of the molecule is COC(=O)C(Cc1ccc(OCc2cccc(C)c2)cc1)NC(=O)c1cc2cc(-c3ccc(Cl)cc3)ccc2s1. The smallest absolute Gasteiger partial charge is 0.328 e. The minimum Gasteiger partial charge on any atom is -0.489 e. The van der Waals surface area contributed by atoms with E-state index in [0.29, 0.717) is 22.9 Å². The number of rotatable bonds is 9. The van der Waals surface area contributed by atoms with Crippen LogP contribution < -0.4 is 10.1 Å². The highest BCUT2D eigenvalue weighted by Gasteiger charge is 2.24. The van der Waals surface area contributed by atoms with E-state index >= 15 is 0 Å². The molecule has 5 aromatic rings. The number of ether oxygens (including phenoxy) is 2. The van der Waals surface area contributed by atoms with Gasteiger partial charge in [-0.05, 0) is 77.0 Å². The van der Waals surface area contributed by atoms with E-state index in [2.05, 4.69) is 11.4 Å². The number of fused-ring (bicyclic) bond motifs is 1. The van der Waals surface area contributed by atoms with Crippen LogP contribution in [0.5, 0.6) is 5.75 Å². The molecule has 1 amide bonds. The Morgan fingerprint density at radius 1 is 0.875 bits per heavy atom. The summed E-state index contributed by atoms with van der Waals surface area (Å²) in [4.78, 5) is 26.3. The quantitative estimate of drug-likeness (QED) is 0.185. The molecule has 202 valence electrons. The zero-order chi connectivity index (χ0) is 28.1. The number of carbonyl (C=O) groups is 2. The van der Waals surface area contributed by atoms with Crippen LogP contribution in [0.1, 0.15) is 26.4 Å². The van der Waals surface area contributed by atoms with Gasteiger partial charge in [0.1, 0.15) is 18.4 Å². The number of benzene rings is 4. The summed E-state index contributed by atoms with van der Waals surface area (Å²) in [5.41, 5.74) is 5.24. The van der Waals surface area contributed by atoms with Crippen LogP contribution in [0.25, 0.3) is 21.2 Å². The molecule has 1 unspecified atom stereocenters. The Morgan fingerprint density at radius 2 is 1.62 bits per heavy atom. The van der Waals surface area contributed by atoms with Gasteiger partial charge in [0.05, 0.1) is 12.0 Å². The van der Waals surface area contributed by atoms with Crippen molar-refractivity contribution in [1.82, 2.24) is 5.32 Å². The summed E-state index contributed by atoms with van der Waals surface area (Å²) in [5, 5.41) is 4.50. The molecule has 40 heavy (non-hydrogen) atoms. The third-order valence-corrected chi connectivity index (χ3v) is 7.93. The van der Waals surface area contributed by atoms with E-state index in [1.807, 2.05) is 97.9 Å². The number of nitrogens with one attached hydrogen (secondary N) is 1. The standard InChI is InChI=1S/C33H28ClNO4S/c1-21-4-3-5-23(16-21)20-39-28-13-6-22(7-14-28)17-29(33(37)38-2)35-32(36)31-19-26-18-25(10-15-30(26)40-31)24-8-11-27(34)12-9-24/h3-16,18-19,29H,17,20H2,1-2H3,(H,35,36). The average molecular weight is 570 g/mol. The molecular formula is C33H28ClNO4S. The monoisotopic (exact) mass is 569 g/mol. The van der Waals surface area contributed by atoms with Crippen molar-refractivity contribution in [3.63, 3.8) is 0 Å². The molecule has 7 heteroatoms. The zero-order valence-corrected chi connectivity index (χ0v) is 23.7. The molecule has 0 saturated carbocycles. The fourth-order valence-electron chi connectivity index (χ4n) is 4.47. The highest BCUT2D eigenvalue weighted by atomic mass is 35.5. The van der Waals surface area contributed by atoms with E-state index < -0.39 is 12.0 Å². The fraction of sp³-hybridized carbons (Fsp3) is 0.152. The first-order valence-electron chi connectivity index (χ1n) is 12.8. The summed E-state index contributed by atoms with van der Waals surface area (Å²) in [6.07, 6.45) is 0.294. The number of aryl methyl sites for hydroxylation is 1. The van der Waals surface area contributed by atoms with Crippen molar-refractivity contribution >= 4 is 44.9 Å². The van der Waals surface area contributed by atoms with Gasteiger partial charge in [-0.2, -0.15) is 0 Å². The van der Waals surface area contributed by atoms with Crippen LogP contribution in [0.15, 0.2) is 97.1 Å². The topological polar surface area (TPSA) is 64.6 Å². The number of thiophene rings is 1. The fourth-order valence-corrected chi connectivity index (χ4v) is 5.54. The van der Waals surface area contributed by atoms with Gasteiger partial charge in [-0.3, -0.25) is 4.79 Å². The van der Waals surface area contributed by atoms with Crippen LogP contribution in [-0.2, 0) is 22.6 Å². The average Bonchev–Trinajstić information content (AvgIpc) is 3.40. The molecule has 0 radical (unpaired) electrons. The minimum absolute atomic E-state index is 0.294. The molecule has 4 aromatic carbocycles. The van der Waals surface area contributed by atoms with Gasteiger partial charge in [0.15, 0.2) is 0 Å². The lowest BCUT2D eigenvalue weighted by Gasteiger charge is -2.16. The maximum absolute atomic E-state index is 13.2. The maximum atomic E-state index is 13.2. The second-order valence-corrected chi connectivity index (χ2v) is 11.1. The van der Waals surface area contributed by atoms with Gasteiger partial charge in [0.2, 0.25) is 0 Å². The van der Waals surface area contributed by atoms with E-state index in [0.717, 1.165) is 38.1 Å². The maximum Gasteiger partial charge on any atom is 0.328 e. The number of halogens is 1. The summed E-state index contributed by atoms with van der Waals surface area (Å²) < 4.78 is 11.9. The molecule has 1 N–H and O–H groups in total. The van der Waals surface area contributed by atoms with Gasteiger partial charge >= 0.3 is 5.97 Å². The summed E-state index contributed by atoms with van der Waals surface area (Å²) in [7, 11) is 1.32. The Balaban J connectivity index is 1.25. The second kappa shape index (κ2) is 12.4. The molecule has 5 nitrogen and oxygen atoms in total. The lowest BCUT2D eigenvalue weighted by molar-refractivity contribution is -0.142. The molecule has 1 aromatic heterocycles. The summed E-state index contributed by atoms with van der Waals surface area (Å²) in [6, 6.07) is 30.4. The Labute approximate surface area is 242 Å². The number of hydrogen-bond acceptors (Lipinski definition) is 5. The van der Waals surface area contributed by atoms with E-state index in [-0.39, 0.29) is 5.91 Å². The first-order chi connectivity index (χ1) is 19.4. The van der Waals surface area contributed by atoms with Crippen molar-refractivity contribution in [3.05, 3.63) is 124 Å². The van der Waals surface area contributed by atoms with Crippen LogP contribution in [0.4, 0.5) is 0 Å². The number of methoxy groups -OCH3 is 1. The lowest BCUT2D eigenvalue weighted by Crippen LogP contribution is -2.42. The number of esters is 1. The molecule has 5 rings (SSSR count). The highest BCUT2D eigenvalue weighted by molar-refractivity contribution is 7.20. The van der Waals surface area contributed by atoms with Crippen LogP contribution in [0, 0.1) is 6.92 Å². The molecule has 0 bridgehead atoms. The molecule has 1 atom stereocenters. The predicted molar refractivity (Wildman–Crippen MR) is 161 cm³/mol. The summed E-state index contributed by atoms with van der Waals surface area (Å²) in [6.45, 7) is 2.52. The summed E-state index contributed by atoms with van der Waals surface area (Å²) in [5.74, 6) is -0.0887. The van der Waals surface area contributed by atoms with E-state index in [9.17, 15) is 9.59 Å². The largest absolute Gasteiger partial charge is 0.489 e. The van der Waals surface area contributed by atoms with Gasteiger partial charge in [-0.1, -0.05) is 71.8 Å².